The Morgan fingerprint density at radius 2 is 2.22 bits per heavy atom. The minimum absolute atomic E-state index is 0.0478. The highest BCUT2D eigenvalue weighted by Crippen LogP contribution is 2.18. The molecule has 1 aromatic carbocycles. The molecule has 5 heteroatoms. The van der Waals surface area contributed by atoms with Crippen molar-refractivity contribution in [2.75, 3.05) is 6.54 Å². The Labute approximate surface area is 172 Å². The van der Waals surface area contributed by atoms with Crippen LogP contribution in [0.25, 0.3) is 0 Å². The largest absolute Gasteiger partial charge is 0.487 e. The summed E-state index contributed by atoms with van der Waals surface area (Å²) in [5.74, 6) is 1.24. The van der Waals surface area contributed by atoms with E-state index < -0.39 is 0 Å². The normalized spacial score (nSPS) is 15.6. The van der Waals surface area contributed by atoms with Crippen molar-refractivity contribution in [3.8, 4) is 0 Å². The van der Waals surface area contributed by atoms with Crippen molar-refractivity contribution in [2.45, 2.75) is 38.5 Å². The van der Waals surface area contributed by atoms with Crippen molar-refractivity contribution in [3.63, 3.8) is 0 Å². The number of hydrogen-bond donors (Lipinski definition) is 2. The molecule has 0 saturated heterocycles. The maximum atomic E-state index is 12.5. The van der Waals surface area contributed by atoms with Crippen molar-refractivity contribution in [2.24, 2.45) is 0 Å². The van der Waals surface area contributed by atoms with Gasteiger partial charge in [-0.25, -0.2) is 0 Å². The molecule has 0 heterocycles. The molecule has 0 aromatic heterocycles. The van der Waals surface area contributed by atoms with Gasteiger partial charge in [0.05, 0.1) is 0 Å². The van der Waals surface area contributed by atoms with Gasteiger partial charge >= 0.3 is 0 Å². The number of rotatable bonds is 8. The van der Waals surface area contributed by atoms with E-state index in [1.807, 2.05) is 44.2 Å². The standard InChI is InChI=1S/C22H26ClNO2S/c1-3-17(10-9-16(2)26-20-7-5-4-6-8-20)14-24-22(25)21-13-19(23)12-11-18(21)15-27/h3,5,7-13,16,27H,4,6,14-15H2,1-2H3,(H,24,25)/b10-9-,17-3+. The summed E-state index contributed by atoms with van der Waals surface area (Å²) < 4.78 is 5.87. The summed E-state index contributed by atoms with van der Waals surface area (Å²) in [6, 6.07) is 5.27. The lowest BCUT2D eigenvalue weighted by Gasteiger charge is -2.14. The van der Waals surface area contributed by atoms with Gasteiger partial charge in [-0.2, -0.15) is 12.6 Å². The summed E-state index contributed by atoms with van der Waals surface area (Å²) in [6.45, 7) is 4.37. The third kappa shape index (κ3) is 6.96. The van der Waals surface area contributed by atoms with Crippen LogP contribution in [0.1, 0.15) is 42.6 Å². The van der Waals surface area contributed by atoms with Crippen molar-refractivity contribution < 1.29 is 9.53 Å². The second-order valence-corrected chi connectivity index (χ2v) is 7.03. The van der Waals surface area contributed by atoms with Gasteiger partial charge in [-0.15, -0.1) is 0 Å². The first kappa shape index (κ1) is 21.4. The highest BCUT2D eigenvalue weighted by molar-refractivity contribution is 7.79. The fourth-order valence-corrected chi connectivity index (χ4v) is 3.07. The van der Waals surface area contributed by atoms with Crippen LogP contribution >= 0.6 is 24.2 Å². The summed E-state index contributed by atoms with van der Waals surface area (Å²) in [5.41, 5.74) is 2.42. The number of ether oxygens (including phenoxy) is 1. The molecule has 0 spiro atoms. The molecule has 0 radical (unpaired) electrons. The first-order valence-corrected chi connectivity index (χ1v) is 10.1. The molecule has 1 atom stereocenters. The Morgan fingerprint density at radius 1 is 1.41 bits per heavy atom. The quantitative estimate of drug-likeness (QED) is 0.435. The molecule has 2 rings (SSSR count). The third-order valence-corrected chi connectivity index (χ3v) is 4.75. The molecule has 0 bridgehead atoms. The van der Waals surface area contributed by atoms with Crippen molar-refractivity contribution in [1.82, 2.24) is 5.32 Å². The zero-order valence-electron chi connectivity index (χ0n) is 15.7. The fraction of sp³-hybridized carbons (Fsp3) is 0.318. The zero-order chi connectivity index (χ0) is 19.6. The summed E-state index contributed by atoms with van der Waals surface area (Å²) in [4.78, 5) is 12.5. The lowest BCUT2D eigenvalue weighted by molar-refractivity contribution is 0.0956. The second kappa shape index (κ2) is 11.1. The number of allylic oxidation sites excluding steroid dienone is 4. The number of amides is 1. The van der Waals surface area contributed by atoms with Crippen LogP contribution in [0.4, 0.5) is 0 Å². The number of benzene rings is 1. The molecule has 1 N–H and O–H groups in total. The SMILES string of the molecule is C/C=C(\C=C/C(C)OC1=CCCC=C1)CNC(=O)c1cc(Cl)ccc1CS. The smallest absolute Gasteiger partial charge is 0.251 e. The maximum Gasteiger partial charge on any atom is 0.251 e. The second-order valence-electron chi connectivity index (χ2n) is 6.27. The van der Waals surface area contributed by atoms with Crippen LogP contribution in [0, 0.1) is 0 Å². The van der Waals surface area contributed by atoms with Gasteiger partial charge in [-0.05, 0) is 68.2 Å². The highest BCUT2D eigenvalue weighted by Gasteiger charge is 2.11. The Kier molecular flexibility index (Phi) is 8.76. The van der Waals surface area contributed by atoms with Gasteiger partial charge in [0.2, 0.25) is 0 Å². The average molecular weight is 404 g/mol. The Morgan fingerprint density at radius 3 is 2.89 bits per heavy atom. The molecular weight excluding hydrogens is 378 g/mol. The number of carbonyl (C=O) groups is 1. The number of halogens is 1. The van der Waals surface area contributed by atoms with Gasteiger partial charge in [0.15, 0.2) is 0 Å². The van der Waals surface area contributed by atoms with Gasteiger partial charge in [-0.1, -0.05) is 35.9 Å². The number of nitrogens with one attached hydrogen (secondary N) is 1. The fourth-order valence-electron chi connectivity index (χ4n) is 2.62. The topological polar surface area (TPSA) is 38.3 Å². The van der Waals surface area contributed by atoms with E-state index in [0.29, 0.717) is 22.9 Å². The first-order valence-electron chi connectivity index (χ1n) is 9.07. The summed E-state index contributed by atoms with van der Waals surface area (Å²) in [5, 5.41) is 3.48. The van der Waals surface area contributed by atoms with Crippen molar-refractivity contribution in [3.05, 3.63) is 82.1 Å². The molecule has 27 heavy (non-hydrogen) atoms. The minimum Gasteiger partial charge on any atom is -0.487 e. The first-order chi connectivity index (χ1) is 13.0. The Hall–Kier alpha value is -1.91. The van der Waals surface area contributed by atoms with Crippen LogP contribution in [0.15, 0.2) is 66.0 Å². The molecule has 3 nitrogen and oxygen atoms in total. The lowest BCUT2D eigenvalue weighted by atomic mass is 10.1. The van der Waals surface area contributed by atoms with Crippen molar-refractivity contribution in [1.29, 1.82) is 0 Å². The third-order valence-electron chi connectivity index (χ3n) is 4.18. The molecule has 1 aliphatic carbocycles. The van der Waals surface area contributed by atoms with Gasteiger partial charge in [-0.3, -0.25) is 4.79 Å². The number of carbonyl (C=O) groups excluding carboxylic acids is 1. The molecule has 1 aliphatic rings. The number of thiol groups is 1. The van der Waals surface area contributed by atoms with Crippen LogP contribution < -0.4 is 5.32 Å². The van der Waals surface area contributed by atoms with E-state index in [4.69, 9.17) is 16.3 Å². The van der Waals surface area contributed by atoms with E-state index in [-0.39, 0.29) is 12.0 Å². The van der Waals surface area contributed by atoms with Crippen LogP contribution in [-0.4, -0.2) is 18.6 Å². The van der Waals surface area contributed by atoms with E-state index >= 15 is 0 Å². The summed E-state index contributed by atoms with van der Waals surface area (Å²) >= 11 is 10.3. The predicted molar refractivity (Wildman–Crippen MR) is 116 cm³/mol. The predicted octanol–water partition coefficient (Wildman–Crippen LogP) is 5.64. The van der Waals surface area contributed by atoms with E-state index in [2.05, 4.69) is 30.1 Å². The Bertz CT molecular complexity index is 781. The van der Waals surface area contributed by atoms with E-state index in [0.717, 1.165) is 29.7 Å². The van der Waals surface area contributed by atoms with Crippen LogP contribution in [0.5, 0.6) is 0 Å². The lowest BCUT2D eigenvalue weighted by Crippen LogP contribution is -2.26. The van der Waals surface area contributed by atoms with E-state index in [1.165, 1.54) is 0 Å². The molecule has 1 amide bonds. The molecule has 144 valence electrons. The molecule has 1 unspecified atom stereocenters. The molecule has 0 saturated carbocycles. The summed E-state index contributed by atoms with van der Waals surface area (Å²) in [6.07, 6.45) is 14.2. The molecular formula is C22H26ClNO2S. The minimum atomic E-state index is -0.156. The van der Waals surface area contributed by atoms with Crippen molar-refractivity contribution >= 4 is 30.1 Å². The van der Waals surface area contributed by atoms with Crippen LogP contribution in [0.3, 0.4) is 0 Å². The van der Waals surface area contributed by atoms with Crippen LogP contribution in [-0.2, 0) is 10.5 Å². The zero-order valence-corrected chi connectivity index (χ0v) is 17.4. The Balaban J connectivity index is 1.91. The maximum absolute atomic E-state index is 12.5. The van der Waals surface area contributed by atoms with Gasteiger partial charge in [0, 0.05) is 22.9 Å². The number of hydrogen-bond acceptors (Lipinski definition) is 3. The highest BCUT2D eigenvalue weighted by atomic mass is 35.5. The van der Waals surface area contributed by atoms with Crippen LogP contribution in [0.2, 0.25) is 5.02 Å². The van der Waals surface area contributed by atoms with Gasteiger partial charge in [0.25, 0.3) is 5.91 Å². The van der Waals surface area contributed by atoms with Gasteiger partial charge in [0.1, 0.15) is 11.9 Å². The molecule has 0 fully saturated rings. The van der Waals surface area contributed by atoms with E-state index in [9.17, 15) is 4.79 Å². The van der Waals surface area contributed by atoms with Gasteiger partial charge < -0.3 is 10.1 Å². The van der Waals surface area contributed by atoms with E-state index in [1.54, 1.807) is 12.1 Å². The average Bonchev–Trinajstić information content (AvgIpc) is 2.68. The summed E-state index contributed by atoms with van der Waals surface area (Å²) in [7, 11) is 0. The monoisotopic (exact) mass is 403 g/mol. The molecule has 1 aromatic rings. The molecule has 0 aliphatic heterocycles.